The molecule has 0 aromatic heterocycles. The standard InChI is InChI=1S/C10H15FN2O4S/c1-6-2-8(11)10(3-9(6)12)18(16,17)13-7(4-14)5-15/h2-3,7,13-15H,4-5,12H2,1H3. The summed E-state index contributed by atoms with van der Waals surface area (Å²) in [4.78, 5) is -0.613. The SMILES string of the molecule is Cc1cc(F)c(S(=O)(=O)NC(CO)CO)cc1N. The van der Waals surface area contributed by atoms with Crippen molar-refractivity contribution < 1.29 is 23.0 Å². The van der Waals surface area contributed by atoms with Crippen LogP contribution in [0.4, 0.5) is 10.1 Å². The average Bonchev–Trinajstić information content (AvgIpc) is 2.30. The number of hydrogen-bond acceptors (Lipinski definition) is 5. The Bertz CT molecular complexity index is 529. The van der Waals surface area contributed by atoms with Crippen LogP contribution in [-0.4, -0.2) is 37.9 Å². The zero-order chi connectivity index (χ0) is 13.9. The van der Waals surface area contributed by atoms with E-state index in [1.54, 1.807) is 6.92 Å². The molecule has 18 heavy (non-hydrogen) atoms. The summed E-state index contributed by atoms with van der Waals surface area (Å²) >= 11 is 0. The Balaban J connectivity index is 3.16. The average molecular weight is 278 g/mol. The second-order valence-electron chi connectivity index (χ2n) is 3.82. The topological polar surface area (TPSA) is 113 Å². The Kier molecular flexibility index (Phi) is 4.63. The molecule has 0 bridgehead atoms. The van der Waals surface area contributed by atoms with Crippen LogP contribution in [0.2, 0.25) is 0 Å². The highest BCUT2D eigenvalue weighted by Crippen LogP contribution is 2.21. The third-order valence-electron chi connectivity index (χ3n) is 2.37. The van der Waals surface area contributed by atoms with Gasteiger partial charge < -0.3 is 15.9 Å². The van der Waals surface area contributed by atoms with Crippen molar-refractivity contribution in [2.24, 2.45) is 0 Å². The maximum atomic E-state index is 13.6. The second kappa shape index (κ2) is 5.61. The quantitative estimate of drug-likeness (QED) is 0.535. The fourth-order valence-corrected chi connectivity index (χ4v) is 2.60. The number of nitrogen functional groups attached to an aromatic ring is 1. The molecule has 1 rings (SSSR count). The molecule has 1 aromatic carbocycles. The highest BCUT2D eigenvalue weighted by atomic mass is 32.2. The summed E-state index contributed by atoms with van der Waals surface area (Å²) < 4.78 is 39.2. The molecule has 0 fully saturated rings. The first kappa shape index (κ1) is 14.8. The number of aryl methyl sites for hydroxylation is 1. The summed E-state index contributed by atoms with van der Waals surface area (Å²) in [7, 11) is -4.18. The smallest absolute Gasteiger partial charge is 0.243 e. The number of benzene rings is 1. The molecule has 0 aliphatic heterocycles. The molecule has 0 amide bonds. The minimum atomic E-state index is -4.18. The first-order valence-corrected chi connectivity index (χ1v) is 6.59. The summed E-state index contributed by atoms with van der Waals surface area (Å²) in [5.74, 6) is -0.941. The van der Waals surface area contributed by atoms with Gasteiger partial charge in [0.25, 0.3) is 0 Å². The Labute approximate surface area is 104 Å². The first-order chi connectivity index (χ1) is 8.31. The van der Waals surface area contributed by atoms with E-state index in [0.29, 0.717) is 5.56 Å². The van der Waals surface area contributed by atoms with Gasteiger partial charge >= 0.3 is 0 Å². The summed E-state index contributed by atoms with van der Waals surface area (Å²) in [6.45, 7) is 0.351. The molecular formula is C10H15FN2O4S. The van der Waals surface area contributed by atoms with Crippen molar-refractivity contribution in [2.45, 2.75) is 17.9 Å². The summed E-state index contributed by atoms with van der Waals surface area (Å²) in [6.07, 6.45) is 0. The molecule has 0 radical (unpaired) electrons. The number of rotatable bonds is 5. The van der Waals surface area contributed by atoms with Crippen LogP contribution >= 0.6 is 0 Å². The van der Waals surface area contributed by atoms with Crippen LogP contribution in [-0.2, 0) is 10.0 Å². The molecule has 8 heteroatoms. The van der Waals surface area contributed by atoms with Crippen molar-refractivity contribution in [1.29, 1.82) is 0 Å². The molecule has 0 atom stereocenters. The minimum Gasteiger partial charge on any atom is -0.398 e. The Morgan fingerprint density at radius 2 is 1.94 bits per heavy atom. The second-order valence-corrected chi connectivity index (χ2v) is 5.50. The number of aliphatic hydroxyl groups is 2. The Morgan fingerprint density at radius 1 is 1.39 bits per heavy atom. The van der Waals surface area contributed by atoms with E-state index in [1.165, 1.54) is 0 Å². The fourth-order valence-electron chi connectivity index (χ4n) is 1.29. The normalized spacial score (nSPS) is 12.1. The number of sulfonamides is 1. The minimum absolute atomic E-state index is 0.140. The van der Waals surface area contributed by atoms with Gasteiger partial charge in [-0.25, -0.2) is 17.5 Å². The zero-order valence-corrected chi connectivity index (χ0v) is 10.5. The number of halogens is 1. The van der Waals surface area contributed by atoms with Crippen molar-refractivity contribution in [1.82, 2.24) is 4.72 Å². The molecule has 0 unspecified atom stereocenters. The lowest BCUT2D eigenvalue weighted by atomic mass is 10.2. The number of hydrogen-bond donors (Lipinski definition) is 4. The van der Waals surface area contributed by atoms with Crippen molar-refractivity contribution in [3.63, 3.8) is 0 Å². The van der Waals surface area contributed by atoms with E-state index >= 15 is 0 Å². The molecule has 102 valence electrons. The van der Waals surface area contributed by atoms with Crippen LogP contribution in [0, 0.1) is 12.7 Å². The third kappa shape index (κ3) is 3.16. The molecule has 6 nitrogen and oxygen atoms in total. The van der Waals surface area contributed by atoms with Gasteiger partial charge in [0, 0.05) is 5.69 Å². The lowest BCUT2D eigenvalue weighted by Crippen LogP contribution is -2.40. The van der Waals surface area contributed by atoms with Crippen LogP contribution in [0.25, 0.3) is 0 Å². The van der Waals surface area contributed by atoms with Crippen molar-refractivity contribution in [3.8, 4) is 0 Å². The summed E-state index contributed by atoms with van der Waals surface area (Å²) in [6, 6.07) is 0.923. The Morgan fingerprint density at radius 3 is 2.44 bits per heavy atom. The molecule has 5 N–H and O–H groups in total. The lowest BCUT2D eigenvalue weighted by molar-refractivity contribution is 0.185. The fraction of sp³-hybridized carbons (Fsp3) is 0.400. The van der Waals surface area contributed by atoms with Gasteiger partial charge in [-0.3, -0.25) is 0 Å². The number of nitrogens with two attached hydrogens (primary N) is 1. The lowest BCUT2D eigenvalue weighted by Gasteiger charge is -2.15. The molecule has 0 spiro atoms. The number of anilines is 1. The van der Waals surface area contributed by atoms with Gasteiger partial charge in [0.2, 0.25) is 10.0 Å². The molecule has 0 aliphatic carbocycles. The summed E-state index contributed by atoms with van der Waals surface area (Å²) in [5, 5.41) is 17.6. The molecule has 0 saturated heterocycles. The van der Waals surface area contributed by atoms with Crippen LogP contribution in [0.15, 0.2) is 17.0 Å². The number of nitrogens with one attached hydrogen (secondary N) is 1. The molecular weight excluding hydrogens is 263 g/mol. The van der Waals surface area contributed by atoms with Gasteiger partial charge in [0.05, 0.1) is 19.3 Å². The van der Waals surface area contributed by atoms with Crippen LogP contribution in [0.3, 0.4) is 0 Å². The van der Waals surface area contributed by atoms with Gasteiger partial charge in [-0.15, -0.1) is 0 Å². The largest absolute Gasteiger partial charge is 0.398 e. The van der Waals surface area contributed by atoms with E-state index in [2.05, 4.69) is 0 Å². The molecule has 0 heterocycles. The van der Waals surface area contributed by atoms with Crippen LogP contribution < -0.4 is 10.5 Å². The maximum Gasteiger partial charge on any atom is 0.243 e. The molecule has 1 aromatic rings. The molecule has 0 aliphatic rings. The van der Waals surface area contributed by atoms with Gasteiger partial charge in [-0.05, 0) is 24.6 Å². The Hall–Kier alpha value is -1.22. The van der Waals surface area contributed by atoms with Crippen LogP contribution in [0.1, 0.15) is 5.56 Å². The summed E-state index contributed by atoms with van der Waals surface area (Å²) in [5.41, 5.74) is 6.09. The predicted molar refractivity (Wildman–Crippen MR) is 63.8 cm³/mol. The highest BCUT2D eigenvalue weighted by Gasteiger charge is 2.23. The monoisotopic (exact) mass is 278 g/mol. The van der Waals surface area contributed by atoms with Crippen molar-refractivity contribution in [2.75, 3.05) is 18.9 Å². The van der Waals surface area contributed by atoms with E-state index < -0.39 is 40.0 Å². The zero-order valence-electron chi connectivity index (χ0n) is 9.72. The van der Waals surface area contributed by atoms with E-state index in [4.69, 9.17) is 15.9 Å². The third-order valence-corrected chi connectivity index (χ3v) is 3.91. The van der Waals surface area contributed by atoms with E-state index in [1.807, 2.05) is 4.72 Å². The van der Waals surface area contributed by atoms with Gasteiger partial charge in [0.1, 0.15) is 10.7 Å². The first-order valence-electron chi connectivity index (χ1n) is 5.11. The van der Waals surface area contributed by atoms with E-state index in [0.717, 1.165) is 12.1 Å². The van der Waals surface area contributed by atoms with E-state index in [9.17, 15) is 12.8 Å². The maximum absolute atomic E-state index is 13.6. The van der Waals surface area contributed by atoms with Gasteiger partial charge in [-0.2, -0.15) is 0 Å². The van der Waals surface area contributed by atoms with Crippen molar-refractivity contribution >= 4 is 15.7 Å². The van der Waals surface area contributed by atoms with Gasteiger partial charge in [0.15, 0.2) is 0 Å². The predicted octanol–water partition coefficient (Wildman–Crippen LogP) is -0.652. The van der Waals surface area contributed by atoms with E-state index in [-0.39, 0.29) is 5.69 Å². The van der Waals surface area contributed by atoms with Crippen molar-refractivity contribution in [3.05, 3.63) is 23.5 Å². The van der Waals surface area contributed by atoms with Gasteiger partial charge in [-0.1, -0.05) is 0 Å². The van der Waals surface area contributed by atoms with Crippen LogP contribution in [0.5, 0.6) is 0 Å². The highest BCUT2D eigenvalue weighted by molar-refractivity contribution is 7.89. The number of aliphatic hydroxyl groups excluding tert-OH is 2. The molecule has 0 saturated carbocycles.